The maximum absolute atomic E-state index is 6.18. The summed E-state index contributed by atoms with van der Waals surface area (Å²) in [7, 11) is 1.91. The van der Waals surface area contributed by atoms with Gasteiger partial charge in [0.1, 0.15) is 0 Å². The molecule has 0 aliphatic carbocycles. The second-order valence-electron chi connectivity index (χ2n) is 4.30. The second kappa shape index (κ2) is 4.80. The van der Waals surface area contributed by atoms with E-state index in [-0.39, 0.29) is 6.04 Å². The summed E-state index contributed by atoms with van der Waals surface area (Å²) in [4.78, 5) is 0. The Balaban J connectivity index is 2.15. The monoisotopic (exact) mass is 249 g/mol. The standard InChI is InChI=1S/C13H16ClN3/c1-9-4-5-13(12(14)6-9)16-10(2)11-7-15-17(3)8-11/h4-8,10,16H,1-3H3. The van der Waals surface area contributed by atoms with E-state index in [1.165, 1.54) is 0 Å². The molecule has 90 valence electrons. The lowest BCUT2D eigenvalue weighted by atomic mass is 10.1. The van der Waals surface area contributed by atoms with Gasteiger partial charge < -0.3 is 5.32 Å². The third-order valence-corrected chi connectivity index (χ3v) is 3.03. The molecule has 1 N–H and O–H groups in total. The molecule has 1 aromatic carbocycles. The molecule has 3 nitrogen and oxygen atoms in total. The zero-order chi connectivity index (χ0) is 12.4. The Morgan fingerprint density at radius 2 is 2.18 bits per heavy atom. The Bertz CT molecular complexity index is 519. The van der Waals surface area contributed by atoms with Crippen molar-refractivity contribution in [2.24, 2.45) is 7.05 Å². The molecule has 1 unspecified atom stereocenters. The molecule has 1 aromatic heterocycles. The van der Waals surface area contributed by atoms with Crippen LogP contribution in [0.5, 0.6) is 0 Å². The number of aromatic nitrogens is 2. The molecule has 0 saturated heterocycles. The Labute approximate surface area is 106 Å². The Kier molecular flexibility index (Phi) is 3.38. The summed E-state index contributed by atoms with van der Waals surface area (Å²) in [5, 5.41) is 8.29. The quantitative estimate of drug-likeness (QED) is 0.902. The minimum absolute atomic E-state index is 0.184. The van der Waals surface area contributed by atoms with Gasteiger partial charge in [-0.2, -0.15) is 5.10 Å². The van der Waals surface area contributed by atoms with E-state index in [0.29, 0.717) is 0 Å². The molecule has 1 heterocycles. The number of hydrogen-bond acceptors (Lipinski definition) is 2. The van der Waals surface area contributed by atoms with Gasteiger partial charge in [-0.25, -0.2) is 0 Å². The normalized spacial score (nSPS) is 12.5. The maximum Gasteiger partial charge on any atom is 0.0640 e. The fraction of sp³-hybridized carbons (Fsp3) is 0.308. The highest BCUT2D eigenvalue weighted by Gasteiger charge is 2.09. The number of nitrogens with one attached hydrogen (secondary N) is 1. The lowest BCUT2D eigenvalue weighted by Gasteiger charge is -2.15. The number of nitrogens with zero attached hydrogens (tertiary/aromatic N) is 2. The molecule has 0 radical (unpaired) electrons. The van der Waals surface area contributed by atoms with Crippen molar-refractivity contribution in [1.82, 2.24) is 9.78 Å². The minimum atomic E-state index is 0.184. The van der Waals surface area contributed by atoms with Crippen molar-refractivity contribution >= 4 is 17.3 Å². The van der Waals surface area contributed by atoms with E-state index in [9.17, 15) is 0 Å². The van der Waals surface area contributed by atoms with Crippen LogP contribution in [0.3, 0.4) is 0 Å². The van der Waals surface area contributed by atoms with Crippen molar-refractivity contribution in [3.05, 3.63) is 46.7 Å². The fourth-order valence-corrected chi connectivity index (χ4v) is 2.01. The van der Waals surface area contributed by atoms with Crippen LogP contribution in [0.4, 0.5) is 5.69 Å². The number of anilines is 1. The molecular formula is C13H16ClN3. The third kappa shape index (κ3) is 2.80. The average Bonchev–Trinajstić information content (AvgIpc) is 2.69. The lowest BCUT2D eigenvalue weighted by Crippen LogP contribution is -2.06. The van der Waals surface area contributed by atoms with Crippen molar-refractivity contribution in [3.8, 4) is 0 Å². The molecule has 17 heavy (non-hydrogen) atoms. The van der Waals surface area contributed by atoms with E-state index >= 15 is 0 Å². The van der Waals surface area contributed by atoms with Gasteiger partial charge in [0.05, 0.1) is 22.9 Å². The molecule has 0 spiro atoms. The van der Waals surface area contributed by atoms with Crippen LogP contribution in [0.25, 0.3) is 0 Å². The van der Waals surface area contributed by atoms with Gasteiger partial charge in [0.15, 0.2) is 0 Å². The van der Waals surface area contributed by atoms with E-state index in [1.54, 1.807) is 4.68 Å². The highest BCUT2D eigenvalue weighted by Crippen LogP contribution is 2.26. The molecule has 0 aliphatic heterocycles. The molecule has 1 atom stereocenters. The van der Waals surface area contributed by atoms with Gasteiger partial charge in [-0.3, -0.25) is 4.68 Å². The van der Waals surface area contributed by atoms with Crippen LogP contribution >= 0.6 is 11.6 Å². The first-order valence-electron chi connectivity index (χ1n) is 5.57. The molecule has 2 aromatic rings. The number of rotatable bonds is 3. The summed E-state index contributed by atoms with van der Waals surface area (Å²) in [5.74, 6) is 0. The van der Waals surface area contributed by atoms with Crippen LogP contribution < -0.4 is 5.32 Å². The molecular weight excluding hydrogens is 234 g/mol. The van der Waals surface area contributed by atoms with E-state index < -0.39 is 0 Å². The number of benzene rings is 1. The summed E-state index contributed by atoms with van der Waals surface area (Å²) in [5.41, 5.74) is 3.26. The molecule has 0 amide bonds. The zero-order valence-electron chi connectivity index (χ0n) is 10.2. The molecule has 0 aliphatic rings. The molecule has 0 saturated carbocycles. The van der Waals surface area contributed by atoms with Crippen LogP contribution in [0.1, 0.15) is 24.1 Å². The highest BCUT2D eigenvalue weighted by atomic mass is 35.5. The van der Waals surface area contributed by atoms with Gasteiger partial charge in [0.2, 0.25) is 0 Å². The highest BCUT2D eigenvalue weighted by molar-refractivity contribution is 6.33. The zero-order valence-corrected chi connectivity index (χ0v) is 11.0. The van der Waals surface area contributed by atoms with Crippen LogP contribution in [0, 0.1) is 6.92 Å². The Hall–Kier alpha value is -1.48. The van der Waals surface area contributed by atoms with Crippen LogP contribution in [0.2, 0.25) is 5.02 Å². The third-order valence-electron chi connectivity index (χ3n) is 2.72. The summed E-state index contributed by atoms with van der Waals surface area (Å²) >= 11 is 6.18. The van der Waals surface area contributed by atoms with Crippen molar-refractivity contribution < 1.29 is 0 Å². The van der Waals surface area contributed by atoms with E-state index in [0.717, 1.165) is 21.8 Å². The van der Waals surface area contributed by atoms with Gasteiger partial charge in [-0.1, -0.05) is 17.7 Å². The van der Waals surface area contributed by atoms with Crippen molar-refractivity contribution in [1.29, 1.82) is 0 Å². The van der Waals surface area contributed by atoms with Gasteiger partial charge >= 0.3 is 0 Å². The summed E-state index contributed by atoms with van der Waals surface area (Å²) < 4.78 is 1.80. The molecule has 4 heteroatoms. The Morgan fingerprint density at radius 1 is 1.41 bits per heavy atom. The van der Waals surface area contributed by atoms with Gasteiger partial charge in [0.25, 0.3) is 0 Å². The first-order valence-corrected chi connectivity index (χ1v) is 5.95. The summed E-state index contributed by atoms with van der Waals surface area (Å²) in [6.07, 6.45) is 3.86. The van der Waals surface area contributed by atoms with Gasteiger partial charge in [0, 0.05) is 18.8 Å². The van der Waals surface area contributed by atoms with Gasteiger partial charge in [-0.15, -0.1) is 0 Å². The SMILES string of the molecule is Cc1ccc(NC(C)c2cnn(C)c2)c(Cl)c1. The second-order valence-corrected chi connectivity index (χ2v) is 4.70. The number of halogens is 1. The molecule has 0 bridgehead atoms. The first-order chi connectivity index (χ1) is 8.06. The predicted molar refractivity (Wildman–Crippen MR) is 71.4 cm³/mol. The average molecular weight is 250 g/mol. The maximum atomic E-state index is 6.18. The predicted octanol–water partition coefficient (Wildman–Crippen LogP) is 3.56. The van der Waals surface area contributed by atoms with Crippen molar-refractivity contribution in [2.75, 3.05) is 5.32 Å². The van der Waals surface area contributed by atoms with E-state index in [4.69, 9.17) is 11.6 Å². The smallest absolute Gasteiger partial charge is 0.0640 e. The Morgan fingerprint density at radius 3 is 2.76 bits per heavy atom. The number of aryl methyl sites for hydroxylation is 2. The van der Waals surface area contributed by atoms with Crippen LogP contribution in [-0.2, 0) is 7.05 Å². The van der Waals surface area contributed by atoms with E-state index in [2.05, 4.69) is 17.3 Å². The van der Waals surface area contributed by atoms with Crippen molar-refractivity contribution in [3.63, 3.8) is 0 Å². The fourth-order valence-electron chi connectivity index (χ4n) is 1.72. The minimum Gasteiger partial charge on any atom is -0.377 e. The summed E-state index contributed by atoms with van der Waals surface area (Å²) in [6, 6.07) is 6.19. The number of hydrogen-bond donors (Lipinski definition) is 1. The molecule has 0 fully saturated rings. The first kappa shape index (κ1) is 12.0. The largest absolute Gasteiger partial charge is 0.377 e. The van der Waals surface area contributed by atoms with Crippen molar-refractivity contribution in [2.45, 2.75) is 19.9 Å². The van der Waals surface area contributed by atoms with E-state index in [1.807, 2.05) is 44.6 Å². The lowest BCUT2D eigenvalue weighted by molar-refractivity contribution is 0.765. The van der Waals surface area contributed by atoms with Gasteiger partial charge in [-0.05, 0) is 31.5 Å². The van der Waals surface area contributed by atoms with Crippen LogP contribution in [0.15, 0.2) is 30.6 Å². The summed E-state index contributed by atoms with van der Waals surface area (Å²) in [6.45, 7) is 4.12. The van der Waals surface area contributed by atoms with Crippen LogP contribution in [-0.4, -0.2) is 9.78 Å². The molecule has 2 rings (SSSR count). The topological polar surface area (TPSA) is 29.9 Å².